The van der Waals surface area contributed by atoms with Crippen LogP contribution in [0, 0.1) is 6.92 Å². The minimum atomic E-state index is -4.56. The van der Waals surface area contributed by atoms with Crippen molar-refractivity contribution in [1.29, 1.82) is 0 Å². The predicted octanol–water partition coefficient (Wildman–Crippen LogP) is 5.53. The molecule has 0 aliphatic rings. The average molecular weight is 497 g/mol. The first-order valence-corrected chi connectivity index (χ1v) is 11.0. The van der Waals surface area contributed by atoms with Gasteiger partial charge < -0.3 is 19.6 Å². The van der Waals surface area contributed by atoms with Gasteiger partial charge >= 0.3 is 6.18 Å². The van der Waals surface area contributed by atoms with Crippen molar-refractivity contribution < 1.29 is 32.2 Å². The number of carbonyl (C=O) groups is 1. The van der Waals surface area contributed by atoms with Crippen LogP contribution < -0.4 is 15.6 Å². The number of anilines is 1. The first kappa shape index (κ1) is 24.9. The number of halogens is 3. The summed E-state index contributed by atoms with van der Waals surface area (Å²) >= 11 is 0. The van der Waals surface area contributed by atoms with E-state index in [2.05, 4.69) is 15.3 Å². The molecule has 2 heterocycles. The third-order valence-electron chi connectivity index (χ3n) is 5.29. The summed E-state index contributed by atoms with van der Waals surface area (Å²) in [5.74, 6) is -0.0925. The summed E-state index contributed by atoms with van der Waals surface area (Å²) in [5, 5.41) is 12.7. The van der Waals surface area contributed by atoms with Gasteiger partial charge in [0, 0.05) is 22.8 Å². The van der Waals surface area contributed by atoms with E-state index in [1.54, 1.807) is 31.2 Å². The molecule has 2 aromatic heterocycles. The number of aliphatic hydroxyl groups excluding tert-OH is 1. The second-order valence-electron chi connectivity index (χ2n) is 7.81. The van der Waals surface area contributed by atoms with Crippen LogP contribution in [0.15, 0.2) is 70.2 Å². The zero-order chi connectivity index (χ0) is 25.9. The molecule has 0 atom stereocenters. The SMILES string of the molecule is CCOc1ccc(N=c2oc3c(C)ncc(CO)c3cc2C(=O)Nc2cccc(C(F)(F)F)c2)cc1. The lowest BCUT2D eigenvalue weighted by Gasteiger charge is -2.11. The summed E-state index contributed by atoms with van der Waals surface area (Å²) in [4.78, 5) is 21.9. The Bertz CT molecular complexity index is 1480. The molecule has 10 heteroatoms. The third kappa shape index (κ3) is 5.38. The second-order valence-corrected chi connectivity index (χ2v) is 7.81. The molecule has 0 radical (unpaired) electrons. The summed E-state index contributed by atoms with van der Waals surface area (Å²) in [6.45, 7) is 3.70. The number of ether oxygens (including phenoxy) is 1. The maximum atomic E-state index is 13.2. The number of aromatic nitrogens is 1. The molecule has 0 bridgehead atoms. The van der Waals surface area contributed by atoms with Gasteiger partial charge in [-0.25, -0.2) is 4.99 Å². The molecule has 0 spiro atoms. The van der Waals surface area contributed by atoms with E-state index in [-0.39, 0.29) is 23.4 Å². The number of rotatable bonds is 6. The zero-order valence-corrected chi connectivity index (χ0v) is 19.4. The van der Waals surface area contributed by atoms with Crippen molar-refractivity contribution in [3.63, 3.8) is 0 Å². The fraction of sp³-hybridized carbons (Fsp3) is 0.192. The van der Waals surface area contributed by atoms with Crippen molar-refractivity contribution in [2.45, 2.75) is 26.6 Å². The Morgan fingerprint density at radius 3 is 2.58 bits per heavy atom. The van der Waals surface area contributed by atoms with Gasteiger partial charge in [0.1, 0.15) is 11.3 Å². The van der Waals surface area contributed by atoms with Crippen LogP contribution in [-0.2, 0) is 12.8 Å². The number of hydrogen-bond donors (Lipinski definition) is 2. The minimum Gasteiger partial charge on any atom is -0.494 e. The maximum absolute atomic E-state index is 13.2. The number of nitrogens with one attached hydrogen (secondary N) is 1. The van der Waals surface area contributed by atoms with E-state index >= 15 is 0 Å². The lowest BCUT2D eigenvalue weighted by atomic mass is 10.1. The quantitative estimate of drug-likeness (QED) is 0.365. The monoisotopic (exact) mass is 497 g/mol. The van der Waals surface area contributed by atoms with Crippen molar-refractivity contribution in [2.75, 3.05) is 11.9 Å². The number of hydrogen-bond acceptors (Lipinski definition) is 6. The van der Waals surface area contributed by atoms with Crippen LogP contribution in [0.25, 0.3) is 11.0 Å². The average Bonchev–Trinajstić information content (AvgIpc) is 2.85. The summed E-state index contributed by atoms with van der Waals surface area (Å²) in [5.41, 5.74) is 0.656. The van der Waals surface area contributed by atoms with E-state index < -0.39 is 17.6 Å². The van der Waals surface area contributed by atoms with Gasteiger partial charge in [0.25, 0.3) is 5.91 Å². The van der Waals surface area contributed by atoms with Crippen LogP contribution in [0.5, 0.6) is 5.75 Å². The Morgan fingerprint density at radius 1 is 1.17 bits per heavy atom. The van der Waals surface area contributed by atoms with Crippen molar-refractivity contribution >= 4 is 28.3 Å². The second kappa shape index (κ2) is 10.2. The molecule has 4 aromatic rings. The summed E-state index contributed by atoms with van der Waals surface area (Å²) < 4.78 is 50.8. The molecule has 0 aliphatic carbocycles. The fourth-order valence-electron chi connectivity index (χ4n) is 3.53. The smallest absolute Gasteiger partial charge is 0.416 e. The van der Waals surface area contributed by atoms with Crippen LogP contribution in [0.4, 0.5) is 24.5 Å². The Labute approximate surface area is 203 Å². The minimum absolute atomic E-state index is 0.0332. The van der Waals surface area contributed by atoms with E-state index in [9.17, 15) is 23.1 Å². The summed E-state index contributed by atoms with van der Waals surface area (Å²) in [6, 6.07) is 12.6. The number of benzene rings is 2. The van der Waals surface area contributed by atoms with Crippen molar-refractivity contribution in [3.05, 3.63) is 88.7 Å². The molecule has 0 fully saturated rings. The van der Waals surface area contributed by atoms with Gasteiger partial charge in [0.2, 0.25) is 5.55 Å². The van der Waals surface area contributed by atoms with Gasteiger partial charge in [-0.1, -0.05) is 6.07 Å². The first-order valence-electron chi connectivity index (χ1n) is 11.0. The van der Waals surface area contributed by atoms with E-state index in [1.807, 2.05) is 6.92 Å². The third-order valence-corrected chi connectivity index (χ3v) is 5.29. The Morgan fingerprint density at radius 2 is 1.92 bits per heavy atom. The van der Waals surface area contributed by atoms with E-state index in [0.717, 1.165) is 12.1 Å². The van der Waals surface area contributed by atoms with Gasteiger partial charge in [-0.15, -0.1) is 0 Å². The van der Waals surface area contributed by atoms with Crippen LogP contribution >= 0.6 is 0 Å². The van der Waals surface area contributed by atoms with Crippen LogP contribution in [0.3, 0.4) is 0 Å². The lowest BCUT2D eigenvalue weighted by Crippen LogP contribution is -2.22. The van der Waals surface area contributed by atoms with Crippen molar-refractivity contribution in [2.24, 2.45) is 4.99 Å². The van der Waals surface area contributed by atoms with Crippen LogP contribution in [-0.4, -0.2) is 22.6 Å². The summed E-state index contributed by atoms with van der Waals surface area (Å²) in [6.07, 6.45) is -3.10. The topological polar surface area (TPSA) is 97.0 Å². The molecule has 2 aromatic carbocycles. The molecule has 0 unspecified atom stereocenters. The Hall–Kier alpha value is -4.18. The van der Waals surface area contributed by atoms with Crippen LogP contribution in [0.1, 0.15) is 34.1 Å². The number of amides is 1. The van der Waals surface area contributed by atoms with Gasteiger partial charge in [-0.3, -0.25) is 9.78 Å². The summed E-state index contributed by atoms with van der Waals surface area (Å²) in [7, 11) is 0. The Kier molecular flexibility index (Phi) is 7.07. The highest BCUT2D eigenvalue weighted by Crippen LogP contribution is 2.31. The first-order chi connectivity index (χ1) is 17.2. The zero-order valence-electron chi connectivity index (χ0n) is 19.4. The highest BCUT2D eigenvalue weighted by molar-refractivity contribution is 6.05. The van der Waals surface area contributed by atoms with E-state index in [4.69, 9.17) is 9.15 Å². The number of aryl methyl sites for hydroxylation is 1. The van der Waals surface area contributed by atoms with Crippen LogP contribution in [0.2, 0.25) is 0 Å². The van der Waals surface area contributed by atoms with Crippen molar-refractivity contribution in [1.82, 2.24) is 4.98 Å². The largest absolute Gasteiger partial charge is 0.494 e. The van der Waals surface area contributed by atoms with Gasteiger partial charge in [0.15, 0.2) is 5.58 Å². The molecular formula is C26H22F3N3O4. The number of nitrogens with zero attached hydrogens (tertiary/aromatic N) is 2. The number of pyridine rings is 1. The lowest BCUT2D eigenvalue weighted by molar-refractivity contribution is -0.137. The standard InChI is InChI=1S/C26H22F3N3O4/c1-3-35-20-9-7-18(8-10-20)32-25-22(12-21-16(14-33)13-30-15(2)23(21)36-25)24(34)31-19-6-4-5-17(11-19)26(27,28)29/h4-13,33H,3,14H2,1-2H3,(H,31,34). The molecule has 1 amide bonds. The molecule has 186 valence electrons. The Balaban J connectivity index is 1.84. The molecule has 4 rings (SSSR count). The molecule has 36 heavy (non-hydrogen) atoms. The molecule has 0 saturated heterocycles. The highest BCUT2D eigenvalue weighted by atomic mass is 19.4. The predicted molar refractivity (Wildman–Crippen MR) is 127 cm³/mol. The maximum Gasteiger partial charge on any atom is 0.416 e. The molecular weight excluding hydrogens is 475 g/mol. The van der Waals surface area contributed by atoms with Gasteiger partial charge in [-0.05, 0) is 62.4 Å². The number of aliphatic hydroxyl groups is 1. The number of fused-ring (bicyclic) bond motifs is 1. The number of carbonyl (C=O) groups excluding carboxylic acids is 1. The normalized spacial score (nSPS) is 12.1. The molecule has 0 aliphatic heterocycles. The number of alkyl halides is 3. The molecule has 7 nitrogen and oxygen atoms in total. The highest BCUT2D eigenvalue weighted by Gasteiger charge is 2.30. The van der Waals surface area contributed by atoms with E-state index in [0.29, 0.717) is 40.3 Å². The molecule has 2 N–H and O–H groups in total. The fourth-order valence-corrected chi connectivity index (χ4v) is 3.53. The van der Waals surface area contributed by atoms with Gasteiger partial charge in [-0.2, -0.15) is 13.2 Å². The van der Waals surface area contributed by atoms with Gasteiger partial charge in [0.05, 0.1) is 30.2 Å². The van der Waals surface area contributed by atoms with E-state index in [1.165, 1.54) is 24.4 Å². The molecule has 0 saturated carbocycles. The van der Waals surface area contributed by atoms with Crippen molar-refractivity contribution in [3.8, 4) is 5.75 Å².